The number of carbonyl (C=O) groups excluding carboxylic acids is 2. The van der Waals surface area contributed by atoms with Crippen LogP contribution in [0.25, 0.3) is 5.76 Å². The number of Topliss-reactive ketones (excluding diaryl/α,β-unsaturated/α-hetero) is 1. The van der Waals surface area contributed by atoms with Crippen molar-refractivity contribution in [1.29, 1.82) is 0 Å². The molecule has 0 saturated carbocycles. The van der Waals surface area contributed by atoms with Gasteiger partial charge in [0.05, 0.1) is 11.6 Å². The van der Waals surface area contributed by atoms with Crippen LogP contribution in [0.5, 0.6) is 0 Å². The Balaban J connectivity index is 1.95. The number of aliphatic hydroxyl groups excluding tert-OH is 1. The summed E-state index contributed by atoms with van der Waals surface area (Å²) in [6.45, 7) is 0. The molecule has 0 aliphatic carbocycles. The first-order valence-corrected chi connectivity index (χ1v) is 8.51. The monoisotopic (exact) mass is 356 g/mol. The van der Waals surface area contributed by atoms with Crippen LogP contribution in [-0.4, -0.2) is 21.8 Å². The van der Waals surface area contributed by atoms with Gasteiger partial charge >= 0.3 is 5.91 Å². The average Bonchev–Trinajstić information content (AvgIpc) is 3.00. The van der Waals surface area contributed by atoms with Crippen LogP contribution in [-0.2, 0) is 9.59 Å². The Morgan fingerprint density at radius 3 is 2.11 bits per heavy atom. The van der Waals surface area contributed by atoms with Crippen molar-refractivity contribution in [3.05, 3.63) is 102 Å². The standard InChI is InChI=1S/C22H16N2O3/c25-20(16-11-5-2-6-12-16)18-19(15-9-3-1-4-10-15)24(22(27)21(18)26)17-13-7-8-14-23-17/h1-14,19,25H/b20-18-. The number of nitrogens with zero attached hydrogens (tertiary/aromatic N) is 2. The summed E-state index contributed by atoms with van der Waals surface area (Å²) in [4.78, 5) is 31.3. The van der Waals surface area contributed by atoms with Gasteiger partial charge in [0.15, 0.2) is 0 Å². The van der Waals surface area contributed by atoms with Crippen molar-refractivity contribution in [2.45, 2.75) is 6.04 Å². The van der Waals surface area contributed by atoms with Crippen molar-refractivity contribution in [3.8, 4) is 0 Å². The molecule has 1 unspecified atom stereocenters. The highest BCUT2D eigenvalue weighted by Crippen LogP contribution is 2.41. The van der Waals surface area contributed by atoms with Crippen LogP contribution in [0.4, 0.5) is 5.82 Å². The fraction of sp³-hybridized carbons (Fsp3) is 0.0455. The number of aliphatic hydroxyl groups is 1. The second-order valence-corrected chi connectivity index (χ2v) is 6.13. The summed E-state index contributed by atoms with van der Waals surface area (Å²) in [7, 11) is 0. The Morgan fingerprint density at radius 2 is 1.48 bits per heavy atom. The fourth-order valence-electron chi connectivity index (χ4n) is 3.27. The van der Waals surface area contributed by atoms with Crippen molar-refractivity contribution >= 4 is 23.3 Å². The van der Waals surface area contributed by atoms with Gasteiger partial charge in [-0.15, -0.1) is 0 Å². The molecule has 1 aromatic heterocycles. The minimum Gasteiger partial charge on any atom is -0.507 e. The van der Waals surface area contributed by atoms with Gasteiger partial charge in [0.25, 0.3) is 5.78 Å². The highest BCUT2D eigenvalue weighted by atomic mass is 16.3. The number of aromatic nitrogens is 1. The molecule has 0 spiro atoms. The number of hydrogen-bond acceptors (Lipinski definition) is 4. The number of carbonyl (C=O) groups is 2. The molecule has 1 atom stereocenters. The maximum atomic E-state index is 12.9. The molecule has 1 fully saturated rings. The Hall–Kier alpha value is -3.73. The summed E-state index contributed by atoms with van der Waals surface area (Å²) < 4.78 is 0. The summed E-state index contributed by atoms with van der Waals surface area (Å²) in [6, 6.07) is 22.3. The Labute approximate surface area is 156 Å². The van der Waals surface area contributed by atoms with Gasteiger partial charge in [0, 0.05) is 11.8 Å². The lowest BCUT2D eigenvalue weighted by Crippen LogP contribution is -2.30. The third-order valence-electron chi connectivity index (χ3n) is 4.50. The van der Waals surface area contributed by atoms with E-state index in [-0.39, 0.29) is 11.3 Å². The zero-order valence-corrected chi connectivity index (χ0v) is 14.3. The molecule has 132 valence electrons. The van der Waals surface area contributed by atoms with Crippen molar-refractivity contribution in [3.63, 3.8) is 0 Å². The van der Waals surface area contributed by atoms with Crippen LogP contribution < -0.4 is 4.90 Å². The topological polar surface area (TPSA) is 70.5 Å². The van der Waals surface area contributed by atoms with Crippen LogP contribution in [0.15, 0.2) is 90.6 Å². The average molecular weight is 356 g/mol. The smallest absolute Gasteiger partial charge is 0.301 e. The molecular formula is C22H16N2O3. The van der Waals surface area contributed by atoms with Gasteiger partial charge in [-0.25, -0.2) is 4.98 Å². The molecule has 5 heteroatoms. The van der Waals surface area contributed by atoms with E-state index in [0.717, 1.165) is 5.56 Å². The molecule has 1 N–H and O–H groups in total. The number of rotatable bonds is 3. The van der Waals surface area contributed by atoms with Gasteiger partial charge in [-0.05, 0) is 17.7 Å². The summed E-state index contributed by atoms with van der Waals surface area (Å²) in [5.41, 5.74) is 1.26. The minimum atomic E-state index is -0.749. The number of anilines is 1. The fourth-order valence-corrected chi connectivity index (χ4v) is 3.27. The molecule has 2 heterocycles. The predicted molar refractivity (Wildman–Crippen MR) is 102 cm³/mol. The van der Waals surface area contributed by atoms with Gasteiger partial charge in [-0.1, -0.05) is 66.7 Å². The van der Waals surface area contributed by atoms with E-state index in [1.165, 1.54) is 4.90 Å². The molecule has 5 nitrogen and oxygen atoms in total. The molecule has 3 aromatic rings. The molecular weight excluding hydrogens is 340 g/mol. The summed E-state index contributed by atoms with van der Waals surface area (Å²) >= 11 is 0. The molecule has 1 saturated heterocycles. The molecule has 0 bridgehead atoms. The minimum absolute atomic E-state index is 0.0584. The second kappa shape index (κ2) is 6.88. The van der Waals surface area contributed by atoms with Crippen molar-refractivity contribution in [2.75, 3.05) is 4.90 Å². The van der Waals surface area contributed by atoms with Crippen molar-refractivity contribution in [1.82, 2.24) is 4.98 Å². The summed E-state index contributed by atoms with van der Waals surface area (Å²) in [5, 5.41) is 10.9. The maximum Gasteiger partial charge on any atom is 0.301 e. The van der Waals surface area contributed by atoms with Crippen LogP contribution >= 0.6 is 0 Å². The van der Waals surface area contributed by atoms with E-state index >= 15 is 0 Å². The number of amides is 1. The zero-order valence-electron chi connectivity index (χ0n) is 14.3. The summed E-state index contributed by atoms with van der Waals surface area (Å²) in [6.07, 6.45) is 1.56. The van der Waals surface area contributed by atoms with E-state index in [1.54, 1.807) is 48.7 Å². The first-order valence-electron chi connectivity index (χ1n) is 8.51. The van der Waals surface area contributed by atoms with Crippen LogP contribution in [0.1, 0.15) is 17.2 Å². The zero-order chi connectivity index (χ0) is 18.8. The molecule has 27 heavy (non-hydrogen) atoms. The summed E-state index contributed by atoms with van der Waals surface area (Å²) in [5.74, 6) is -1.27. The first-order chi connectivity index (χ1) is 13.2. The number of hydrogen-bond donors (Lipinski definition) is 1. The first kappa shape index (κ1) is 16.7. The van der Waals surface area contributed by atoms with Gasteiger partial charge in [0.1, 0.15) is 11.6 Å². The maximum absolute atomic E-state index is 12.9. The second-order valence-electron chi connectivity index (χ2n) is 6.13. The predicted octanol–water partition coefficient (Wildman–Crippen LogP) is 3.71. The molecule has 1 aliphatic heterocycles. The van der Waals surface area contributed by atoms with Crippen LogP contribution in [0.3, 0.4) is 0 Å². The molecule has 1 amide bonds. The van der Waals surface area contributed by atoms with E-state index in [2.05, 4.69) is 4.98 Å². The van der Waals surface area contributed by atoms with Gasteiger partial charge in [-0.2, -0.15) is 0 Å². The highest BCUT2D eigenvalue weighted by molar-refractivity contribution is 6.51. The van der Waals surface area contributed by atoms with Crippen molar-refractivity contribution in [2.24, 2.45) is 0 Å². The molecule has 2 aromatic carbocycles. The molecule has 4 rings (SSSR count). The number of pyridine rings is 1. The Morgan fingerprint density at radius 1 is 0.852 bits per heavy atom. The lowest BCUT2D eigenvalue weighted by molar-refractivity contribution is -0.132. The van der Waals surface area contributed by atoms with Crippen LogP contribution in [0.2, 0.25) is 0 Å². The van der Waals surface area contributed by atoms with Gasteiger partial charge in [0.2, 0.25) is 0 Å². The van der Waals surface area contributed by atoms with Gasteiger partial charge in [-0.3, -0.25) is 14.5 Å². The lowest BCUT2D eigenvalue weighted by Gasteiger charge is -2.24. The lowest BCUT2D eigenvalue weighted by atomic mass is 9.95. The van der Waals surface area contributed by atoms with Gasteiger partial charge < -0.3 is 5.11 Å². The molecule has 1 aliphatic rings. The third kappa shape index (κ3) is 2.89. The number of benzene rings is 2. The molecule has 0 radical (unpaired) electrons. The van der Waals surface area contributed by atoms with E-state index in [4.69, 9.17) is 0 Å². The quantitative estimate of drug-likeness (QED) is 0.441. The SMILES string of the molecule is O=C1C(=O)N(c2ccccn2)C(c2ccccc2)/C1=C(/O)c1ccccc1. The van der Waals surface area contributed by atoms with Crippen LogP contribution in [0, 0.1) is 0 Å². The third-order valence-corrected chi connectivity index (χ3v) is 4.50. The number of ketones is 1. The van der Waals surface area contributed by atoms with E-state index in [1.807, 2.05) is 36.4 Å². The largest absolute Gasteiger partial charge is 0.507 e. The van der Waals surface area contributed by atoms with E-state index < -0.39 is 17.7 Å². The Kier molecular flexibility index (Phi) is 4.26. The van der Waals surface area contributed by atoms with E-state index in [0.29, 0.717) is 11.4 Å². The van der Waals surface area contributed by atoms with E-state index in [9.17, 15) is 14.7 Å². The Bertz CT molecular complexity index is 1020. The highest BCUT2D eigenvalue weighted by Gasteiger charge is 2.47. The normalized spacial score (nSPS) is 18.7. The van der Waals surface area contributed by atoms with Crippen molar-refractivity contribution < 1.29 is 14.7 Å².